The summed E-state index contributed by atoms with van der Waals surface area (Å²) >= 11 is 0. The minimum Gasteiger partial charge on any atom is -0.497 e. The van der Waals surface area contributed by atoms with Crippen molar-refractivity contribution in [3.8, 4) is 5.75 Å². The van der Waals surface area contributed by atoms with Crippen molar-refractivity contribution in [3.05, 3.63) is 176 Å². The number of nitrogen functional groups attached to an aromatic ring is 4. The lowest BCUT2D eigenvalue weighted by molar-refractivity contribution is -0.125. The third kappa shape index (κ3) is 16.0. The summed E-state index contributed by atoms with van der Waals surface area (Å²) in [7, 11) is 1.51. The molecule has 3 aromatic carbocycles. The predicted molar refractivity (Wildman–Crippen MR) is 390 cm³/mol. The van der Waals surface area contributed by atoms with E-state index in [1.165, 1.54) is 83.0 Å². The SMILES string of the molecule is CC(C)C(N)C(=O)NC1[C@@H](CO)O[C@@H](n2cnc3c(N)ccnc32)[C@H]1O.COc1cccc(C(=O)NC2[C@@H](CO)O[C@@H](n3cnc4c(N)ccnc43)[C@H]2O)c1.Nc1ccnc2c1ncn2[C@@H]1O[C@H](CO)C(NC(=O)c2ccc(F)cc2)[C@@H]1O.Nc1ccnc2c1ncn2[C@@H]1O[C@H](CO)C(NC(=O)c2ccccc2)[C@@H]1O. The molecule has 15 rings (SSSR count). The van der Waals surface area contributed by atoms with Crippen molar-refractivity contribution in [3.63, 3.8) is 0 Å². The zero-order valence-corrected chi connectivity index (χ0v) is 59.0. The quantitative estimate of drug-likeness (QED) is 0.0493. The second-order valence-electron chi connectivity index (χ2n) is 26.3. The molecule has 11 aromatic rings. The summed E-state index contributed by atoms with van der Waals surface area (Å²) < 4.78 is 47.4. The molecule has 12 heterocycles. The van der Waals surface area contributed by atoms with Crippen LogP contribution in [0.25, 0.3) is 44.7 Å². The Kier molecular flexibility index (Phi) is 24.1. The molecule has 0 saturated carbocycles. The number of nitrogens with zero attached hydrogens (tertiary/aromatic N) is 12. The first-order chi connectivity index (χ1) is 53.0. The van der Waals surface area contributed by atoms with Gasteiger partial charge in [0.05, 0.1) is 112 Å². The average molecular weight is 1520 g/mol. The number of halogens is 1. The van der Waals surface area contributed by atoms with Gasteiger partial charge in [0, 0.05) is 41.5 Å². The van der Waals surface area contributed by atoms with E-state index >= 15 is 0 Å². The fraction of sp³-hybridized carbons (Fsp3) is 0.352. The molecule has 17 atom stereocenters. The monoisotopic (exact) mass is 1520 g/mol. The van der Waals surface area contributed by atoms with Crippen molar-refractivity contribution >= 4 is 91.0 Å². The number of imidazole rings is 4. The number of amides is 4. The summed E-state index contributed by atoms with van der Waals surface area (Å²) in [5, 5.41) is 92.6. The Bertz CT molecular complexity index is 5040. The molecule has 4 aliphatic heterocycles. The van der Waals surface area contributed by atoms with Crippen molar-refractivity contribution < 1.29 is 88.1 Å². The highest BCUT2D eigenvalue weighted by atomic mass is 19.1. The van der Waals surface area contributed by atoms with E-state index in [0.717, 1.165) is 12.1 Å². The third-order valence-corrected chi connectivity index (χ3v) is 19.0. The smallest absolute Gasteiger partial charge is 0.251 e. The van der Waals surface area contributed by atoms with Gasteiger partial charge >= 0.3 is 0 Å². The van der Waals surface area contributed by atoms with Gasteiger partial charge in [-0.05, 0) is 84.8 Å². The molecule has 8 aromatic heterocycles. The third-order valence-electron chi connectivity index (χ3n) is 19.0. The molecule has 39 heteroatoms. The van der Waals surface area contributed by atoms with E-state index in [9.17, 15) is 64.4 Å². The first-order valence-corrected chi connectivity index (χ1v) is 34.5. The molecule has 5 unspecified atom stereocenters. The van der Waals surface area contributed by atoms with E-state index in [0.29, 0.717) is 84.3 Å². The number of carbonyl (C=O) groups is 4. The first kappa shape index (κ1) is 78.0. The number of pyridine rings is 4. The van der Waals surface area contributed by atoms with Gasteiger partial charge in [0.1, 0.15) is 82.5 Å². The molecule has 38 nitrogen and oxygen atoms in total. The normalized spacial score (nSPS) is 25.1. The highest BCUT2D eigenvalue weighted by Gasteiger charge is 2.50. The molecule has 0 radical (unpaired) electrons. The topological polar surface area (TPSA) is 577 Å². The lowest BCUT2D eigenvalue weighted by Crippen LogP contribution is -2.54. The van der Waals surface area contributed by atoms with Gasteiger partial charge in [-0.15, -0.1) is 0 Å². The maximum absolute atomic E-state index is 13.0. The Balaban J connectivity index is 0.000000137. The lowest BCUT2D eigenvalue weighted by Gasteiger charge is -2.24. The number of fused-ring (bicyclic) bond motifs is 4. The maximum atomic E-state index is 13.0. The molecule has 0 spiro atoms. The van der Waals surface area contributed by atoms with Gasteiger partial charge in [-0.1, -0.05) is 38.1 Å². The van der Waals surface area contributed by atoms with Gasteiger partial charge < -0.3 is 114 Å². The molecular weight excluding hydrogens is 1440 g/mol. The predicted octanol–water partition coefficient (Wildman–Crippen LogP) is -0.932. The number of nitrogens with one attached hydrogen (secondary N) is 4. The van der Waals surface area contributed by atoms with Gasteiger partial charge in [0.15, 0.2) is 47.5 Å². The van der Waals surface area contributed by atoms with Gasteiger partial charge in [-0.25, -0.2) is 44.3 Å². The summed E-state index contributed by atoms with van der Waals surface area (Å²) in [6, 6.07) is 22.6. The number of aromatic nitrogens is 12. The summed E-state index contributed by atoms with van der Waals surface area (Å²) in [5.74, 6) is -1.72. The van der Waals surface area contributed by atoms with Crippen LogP contribution in [0.1, 0.15) is 69.8 Å². The van der Waals surface area contributed by atoms with E-state index < -0.39 is 141 Å². The lowest BCUT2D eigenvalue weighted by atomic mass is 10.0. The van der Waals surface area contributed by atoms with E-state index in [4.69, 9.17) is 52.4 Å². The number of nitrogens with two attached hydrogens (primary N) is 5. The van der Waals surface area contributed by atoms with Crippen molar-refractivity contribution in [2.75, 3.05) is 56.5 Å². The number of benzene rings is 3. The molecule has 4 aliphatic rings. The number of aliphatic hydroxyl groups is 8. The minimum absolute atomic E-state index is 0.0670. The molecule has 22 N–H and O–H groups in total. The van der Waals surface area contributed by atoms with E-state index in [-0.39, 0.29) is 30.6 Å². The average Bonchev–Trinajstić information content (AvgIpc) is 1.64. The fourth-order valence-electron chi connectivity index (χ4n) is 13.0. The fourth-order valence-corrected chi connectivity index (χ4v) is 13.0. The zero-order chi connectivity index (χ0) is 78.4. The van der Waals surface area contributed by atoms with Crippen LogP contribution in [0, 0.1) is 11.7 Å². The number of hydrogen-bond donors (Lipinski definition) is 17. The van der Waals surface area contributed by atoms with Crippen LogP contribution in [0.15, 0.2) is 153 Å². The van der Waals surface area contributed by atoms with Crippen molar-refractivity contribution in [2.45, 2.75) is 118 Å². The van der Waals surface area contributed by atoms with Crippen LogP contribution in [-0.4, -0.2) is 235 Å². The van der Waals surface area contributed by atoms with Crippen molar-refractivity contribution in [2.24, 2.45) is 11.7 Å². The van der Waals surface area contributed by atoms with Crippen LogP contribution in [0.4, 0.5) is 27.1 Å². The number of hydrogen-bond acceptors (Lipinski definition) is 30. The highest BCUT2D eigenvalue weighted by molar-refractivity contribution is 5.96. The van der Waals surface area contributed by atoms with Crippen LogP contribution >= 0.6 is 0 Å². The Morgan fingerprint density at radius 3 is 1.07 bits per heavy atom. The van der Waals surface area contributed by atoms with Crippen LogP contribution < -0.4 is 54.7 Å². The standard InChI is InChI=1S/C19H21N5O5.C18H18FN5O4.C18H19N5O4.C16H24N6O4/c1-28-11-4-2-3-10(7-11)18(27)23-15-13(8-25)29-19(16(15)26)24-9-22-14-12(20)5-6-21-17(14)24;19-10-3-1-9(2-4-10)17(27)23-14-12(7-25)28-18(15(14)26)24-8-22-13-11(20)5-6-21-16(13)24;19-11-6-7-20-16-13(11)21-9-23(16)18-15(25)14(12(8-24)27-18)22-17(26)10-4-2-1-3-5-10;1-7(2)10(18)15(25)21-12-9(5-23)26-16(13(12)24)22-6-20-11-8(17)3-4-19-14(11)22/h2-7,9,13,15-16,19,25-26H,8H2,1H3,(H2,20,21)(H,23,27);1-6,8,12,14-15,18,25-26H,7H2,(H2,20,21)(H,23,27);1-7,9,12,14-15,18,24-25H,8H2,(H2,19,20)(H,22,26);3-4,6-7,9-10,12-13,16,23-24H,5,18H2,1-2H3,(H2,17,19)(H,21,25)/t13-,15?,16+,19-;2*12-,14?,15+,18-;9-,10?,12?,13+,16-/m1111/s1. The van der Waals surface area contributed by atoms with Crippen LogP contribution in [0.3, 0.4) is 0 Å². The number of rotatable bonds is 18. The number of methoxy groups -OCH3 is 1. The largest absolute Gasteiger partial charge is 0.497 e. The molecule has 110 heavy (non-hydrogen) atoms. The van der Waals surface area contributed by atoms with E-state index in [2.05, 4.69) is 61.1 Å². The summed E-state index contributed by atoms with van der Waals surface area (Å²) in [5.41, 5.74) is 35.9. The molecular formula is C71H82FN21O17. The molecule has 0 bridgehead atoms. The minimum atomic E-state index is -1.19. The van der Waals surface area contributed by atoms with Gasteiger partial charge in [-0.3, -0.25) is 37.4 Å². The van der Waals surface area contributed by atoms with Crippen molar-refractivity contribution in [1.82, 2.24) is 79.4 Å². The second kappa shape index (κ2) is 33.9. The number of carbonyl (C=O) groups excluding carboxylic acids is 4. The summed E-state index contributed by atoms with van der Waals surface area (Å²) in [6.45, 7) is 2.09. The van der Waals surface area contributed by atoms with Crippen LogP contribution in [0.5, 0.6) is 5.75 Å². The first-order valence-electron chi connectivity index (χ1n) is 34.5. The summed E-state index contributed by atoms with van der Waals surface area (Å²) in [4.78, 5) is 83.6. The van der Waals surface area contributed by atoms with Crippen LogP contribution in [-0.2, 0) is 23.7 Å². The molecule has 4 saturated heterocycles. The highest BCUT2D eigenvalue weighted by Crippen LogP contribution is 2.37. The molecule has 4 amide bonds. The van der Waals surface area contributed by atoms with Crippen LogP contribution in [0.2, 0.25) is 0 Å². The summed E-state index contributed by atoms with van der Waals surface area (Å²) in [6.07, 6.45) is 0.497. The van der Waals surface area contributed by atoms with E-state index in [1.807, 2.05) is 13.8 Å². The Morgan fingerprint density at radius 1 is 0.445 bits per heavy atom. The zero-order valence-electron chi connectivity index (χ0n) is 59.0. The molecule has 580 valence electrons. The second-order valence-corrected chi connectivity index (χ2v) is 26.3. The molecule has 0 aliphatic carbocycles. The Labute approximate surface area is 623 Å². The number of ether oxygens (including phenoxy) is 5. The maximum Gasteiger partial charge on any atom is 0.251 e. The Hall–Kier alpha value is -11.6. The van der Waals surface area contributed by atoms with Gasteiger partial charge in [0.25, 0.3) is 17.7 Å². The molecule has 4 fully saturated rings. The van der Waals surface area contributed by atoms with Gasteiger partial charge in [-0.2, -0.15) is 0 Å². The Morgan fingerprint density at radius 2 is 0.755 bits per heavy atom. The number of aliphatic hydroxyl groups excluding tert-OH is 8. The van der Waals surface area contributed by atoms with E-state index in [1.54, 1.807) is 83.4 Å². The number of anilines is 4. The van der Waals surface area contributed by atoms with Crippen molar-refractivity contribution in [1.29, 1.82) is 0 Å². The van der Waals surface area contributed by atoms with Gasteiger partial charge in [0.2, 0.25) is 5.91 Å².